The van der Waals surface area contributed by atoms with Crippen molar-refractivity contribution in [1.82, 2.24) is 9.72 Å². The molecule has 0 saturated heterocycles. The normalized spacial score (nSPS) is 11.1. The number of rotatable bonds is 5. The Hall–Kier alpha value is -3.94. The van der Waals surface area contributed by atoms with Crippen molar-refractivity contribution in [2.24, 2.45) is 0 Å². The Bertz CT molecular complexity index is 1340. The number of aromatic hydroxyl groups is 1. The lowest BCUT2D eigenvalue weighted by atomic mass is 10.0. The number of pyridine rings is 1. The summed E-state index contributed by atoms with van der Waals surface area (Å²) >= 11 is 0. The van der Waals surface area contributed by atoms with Crippen molar-refractivity contribution in [3.63, 3.8) is 0 Å². The van der Waals surface area contributed by atoms with Gasteiger partial charge in [-0.05, 0) is 30.2 Å². The summed E-state index contributed by atoms with van der Waals surface area (Å²) in [5.41, 5.74) is 0.856. The maximum atomic E-state index is 13.5. The molecule has 8 heteroatoms. The number of benzene rings is 2. The number of nitrogens with one attached hydrogen (secondary N) is 1. The first-order valence-electron chi connectivity index (χ1n) is 9.48. The van der Waals surface area contributed by atoms with E-state index in [4.69, 9.17) is 4.42 Å². The summed E-state index contributed by atoms with van der Waals surface area (Å²) in [4.78, 5) is 25.4. The van der Waals surface area contributed by atoms with Gasteiger partial charge < -0.3 is 14.8 Å². The summed E-state index contributed by atoms with van der Waals surface area (Å²) in [6.45, 7) is 1.81. The van der Waals surface area contributed by atoms with E-state index >= 15 is 0 Å². The average Bonchev–Trinajstić information content (AvgIpc) is 3.23. The van der Waals surface area contributed by atoms with Crippen molar-refractivity contribution in [2.75, 3.05) is 0 Å². The summed E-state index contributed by atoms with van der Waals surface area (Å²) in [6.07, 6.45) is 1.13. The van der Waals surface area contributed by atoms with Gasteiger partial charge in [-0.15, -0.1) is 0 Å². The topological polar surface area (TPSA) is 83.9 Å². The molecule has 0 bridgehead atoms. The second-order valence-corrected chi connectivity index (χ2v) is 7.12. The molecule has 0 spiro atoms. The summed E-state index contributed by atoms with van der Waals surface area (Å²) in [7, 11) is 0. The quantitative estimate of drug-likeness (QED) is 0.512. The molecule has 2 aromatic carbocycles. The molecule has 0 aliphatic carbocycles. The maximum Gasteiger partial charge on any atom is 0.288 e. The van der Waals surface area contributed by atoms with Gasteiger partial charge in [0.1, 0.15) is 5.75 Å². The van der Waals surface area contributed by atoms with Crippen LogP contribution in [0.25, 0.3) is 5.71 Å². The molecule has 0 atom stereocenters. The van der Waals surface area contributed by atoms with Gasteiger partial charge in [-0.3, -0.25) is 9.59 Å². The SMILES string of the molecule is Cc1c(O)c(Cc2ccc(F)c(F)c2)c(=O)n2cc(C(=O)NCc3ccccc3)oc12. The van der Waals surface area contributed by atoms with Crippen LogP contribution in [-0.2, 0) is 13.0 Å². The Morgan fingerprint density at radius 3 is 2.55 bits per heavy atom. The second-order valence-electron chi connectivity index (χ2n) is 7.12. The number of amides is 1. The fourth-order valence-electron chi connectivity index (χ4n) is 3.32. The van der Waals surface area contributed by atoms with Crippen LogP contribution in [0.3, 0.4) is 0 Å². The first kappa shape index (κ1) is 20.3. The molecular weight excluding hydrogens is 406 g/mol. The highest BCUT2D eigenvalue weighted by molar-refractivity contribution is 5.91. The third-order valence-electron chi connectivity index (χ3n) is 5.00. The van der Waals surface area contributed by atoms with Crippen LogP contribution in [0, 0.1) is 18.6 Å². The number of aryl methyl sites for hydroxylation is 1. The molecule has 31 heavy (non-hydrogen) atoms. The maximum absolute atomic E-state index is 13.5. The van der Waals surface area contributed by atoms with Crippen molar-refractivity contribution in [3.05, 3.63) is 105 Å². The lowest BCUT2D eigenvalue weighted by molar-refractivity contribution is 0.0925. The minimum atomic E-state index is -1.05. The molecule has 0 saturated carbocycles. The highest BCUT2D eigenvalue weighted by Crippen LogP contribution is 2.27. The number of hydrogen-bond donors (Lipinski definition) is 2. The number of carbonyl (C=O) groups excluding carboxylic acids is 1. The Labute approximate surface area is 175 Å². The van der Waals surface area contributed by atoms with Gasteiger partial charge in [0.25, 0.3) is 11.5 Å². The van der Waals surface area contributed by atoms with Crippen molar-refractivity contribution in [3.8, 4) is 5.75 Å². The summed E-state index contributed by atoms with van der Waals surface area (Å²) in [5.74, 6) is -2.98. The van der Waals surface area contributed by atoms with Crippen molar-refractivity contribution >= 4 is 11.6 Å². The van der Waals surface area contributed by atoms with Crippen LogP contribution in [0.2, 0.25) is 0 Å². The Kier molecular flexibility index (Phi) is 5.29. The van der Waals surface area contributed by atoms with E-state index in [1.54, 1.807) is 0 Å². The third-order valence-corrected chi connectivity index (χ3v) is 5.00. The van der Waals surface area contributed by atoms with E-state index in [0.717, 1.165) is 22.1 Å². The Morgan fingerprint density at radius 1 is 1.10 bits per heavy atom. The lowest BCUT2D eigenvalue weighted by Gasteiger charge is -2.08. The van der Waals surface area contributed by atoms with Crippen LogP contribution >= 0.6 is 0 Å². The molecule has 4 aromatic rings. The standard InChI is InChI=1S/C23H18F2N2O4/c1-13-20(28)16(9-15-7-8-17(24)18(25)10-15)22(30)27-12-19(31-23(13)27)21(29)26-11-14-5-3-2-4-6-14/h2-8,10,12,28H,9,11H2,1H3,(H,26,29). The number of aromatic nitrogens is 1. The lowest BCUT2D eigenvalue weighted by Crippen LogP contribution is -2.22. The zero-order chi connectivity index (χ0) is 22.1. The molecule has 6 nitrogen and oxygen atoms in total. The fraction of sp³-hybridized carbons (Fsp3) is 0.130. The first-order chi connectivity index (χ1) is 14.8. The molecule has 158 valence electrons. The highest BCUT2D eigenvalue weighted by atomic mass is 19.2. The number of carbonyl (C=O) groups is 1. The predicted molar refractivity (Wildman–Crippen MR) is 109 cm³/mol. The molecule has 2 N–H and O–H groups in total. The average molecular weight is 424 g/mol. The molecule has 0 aliphatic heterocycles. The predicted octanol–water partition coefficient (Wildman–Crippen LogP) is 3.71. The van der Waals surface area contributed by atoms with Gasteiger partial charge in [0.2, 0.25) is 11.5 Å². The number of oxazole rings is 1. The van der Waals surface area contributed by atoms with Crippen molar-refractivity contribution < 1.29 is 23.1 Å². The summed E-state index contributed by atoms with van der Waals surface area (Å²) < 4.78 is 33.4. The van der Waals surface area contributed by atoms with Crippen LogP contribution in [0.5, 0.6) is 5.75 Å². The zero-order valence-electron chi connectivity index (χ0n) is 16.5. The number of hydrogen-bond acceptors (Lipinski definition) is 4. The zero-order valence-corrected chi connectivity index (χ0v) is 16.5. The van der Waals surface area contributed by atoms with E-state index in [2.05, 4.69) is 5.32 Å². The number of fused-ring (bicyclic) bond motifs is 1. The van der Waals surface area contributed by atoms with E-state index in [1.165, 1.54) is 19.2 Å². The molecule has 2 heterocycles. The summed E-state index contributed by atoms with van der Waals surface area (Å²) in [5, 5.41) is 13.2. The van der Waals surface area contributed by atoms with E-state index in [1.807, 2.05) is 30.3 Å². The molecule has 4 rings (SSSR count). The largest absolute Gasteiger partial charge is 0.507 e. The van der Waals surface area contributed by atoms with Gasteiger partial charge in [-0.2, -0.15) is 0 Å². The molecule has 2 aromatic heterocycles. The molecule has 0 radical (unpaired) electrons. The van der Waals surface area contributed by atoms with E-state index < -0.39 is 23.1 Å². The fourth-order valence-corrected chi connectivity index (χ4v) is 3.32. The van der Waals surface area contributed by atoms with Gasteiger partial charge >= 0.3 is 0 Å². The van der Waals surface area contributed by atoms with Crippen LogP contribution in [0.1, 0.15) is 32.8 Å². The number of nitrogens with zero attached hydrogens (tertiary/aromatic N) is 1. The van der Waals surface area contributed by atoms with Crippen LogP contribution in [0.4, 0.5) is 8.78 Å². The highest BCUT2D eigenvalue weighted by Gasteiger charge is 2.21. The minimum Gasteiger partial charge on any atom is -0.507 e. The molecule has 0 aliphatic rings. The Balaban J connectivity index is 1.66. The molecule has 0 fully saturated rings. The van der Waals surface area contributed by atoms with Gasteiger partial charge in [-0.25, -0.2) is 13.2 Å². The van der Waals surface area contributed by atoms with Gasteiger partial charge in [-0.1, -0.05) is 36.4 Å². The van der Waals surface area contributed by atoms with E-state index in [0.29, 0.717) is 5.56 Å². The van der Waals surface area contributed by atoms with Gasteiger partial charge in [0.15, 0.2) is 11.6 Å². The van der Waals surface area contributed by atoms with Gasteiger partial charge in [0.05, 0.1) is 17.3 Å². The monoisotopic (exact) mass is 424 g/mol. The van der Waals surface area contributed by atoms with Crippen LogP contribution in [0.15, 0.2) is 63.9 Å². The minimum absolute atomic E-state index is 0.0157. The molecule has 1 amide bonds. The second kappa shape index (κ2) is 8.06. The summed E-state index contributed by atoms with van der Waals surface area (Å²) in [6, 6.07) is 12.5. The van der Waals surface area contributed by atoms with Crippen LogP contribution in [-0.4, -0.2) is 15.4 Å². The Morgan fingerprint density at radius 2 is 1.84 bits per heavy atom. The van der Waals surface area contributed by atoms with Crippen molar-refractivity contribution in [2.45, 2.75) is 19.9 Å². The molecular formula is C23H18F2N2O4. The van der Waals surface area contributed by atoms with Gasteiger partial charge in [0, 0.05) is 13.0 Å². The number of halogens is 2. The van der Waals surface area contributed by atoms with E-state index in [-0.39, 0.29) is 41.3 Å². The third kappa shape index (κ3) is 3.92. The van der Waals surface area contributed by atoms with Crippen molar-refractivity contribution in [1.29, 1.82) is 0 Å². The van der Waals surface area contributed by atoms with Crippen LogP contribution < -0.4 is 10.9 Å². The van der Waals surface area contributed by atoms with E-state index in [9.17, 15) is 23.5 Å². The smallest absolute Gasteiger partial charge is 0.288 e. The first-order valence-corrected chi connectivity index (χ1v) is 9.48. The molecule has 0 unspecified atom stereocenters.